The molecule has 1 aromatic carbocycles. The van der Waals surface area contributed by atoms with E-state index in [2.05, 4.69) is 11.9 Å². The molecule has 1 amide bonds. The third-order valence-electron chi connectivity index (χ3n) is 8.33. The molecular weight excluding hydrogens is 470 g/mol. The van der Waals surface area contributed by atoms with Crippen molar-refractivity contribution in [3.63, 3.8) is 0 Å². The van der Waals surface area contributed by atoms with Gasteiger partial charge in [-0.1, -0.05) is 62.9 Å². The number of carbonyl (C=O) groups is 4. The van der Waals surface area contributed by atoms with Crippen LogP contribution in [0, 0.1) is 29.1 Å². The number of allylic oxidation sites excluding steroid dienone is 2. The van der Waals surface area contributed by atoms with Gasteiger partial charge in [-0.15, -0.1) is 0 Å². The molecular formula is C30H35NO6. The van der Waals surface area contributed by atoms with Gasteiger partial charge in [-0.25, -0.2) is 0 Å². The number of aliphatic hydroxyl groups is 1. The second-order valence-electron chi connectivity index (χ2n) is 10.9. The minimum Gasteiger partial charge on any atom is -0.457 e. The Morgan fingerprint density at radius 3 is 2.51 bits per heavy atom. The first-order valence-electron chi connectivity index (χ1n) is 12.8. The molecule has 1 aliphatic heterocycles. The van der Waals surface area contributed by atoms with Gasteiger partial charge >= 0.3 is 5.97 Å². The molecule has 1 saturated carbocycles. The van der Waals surface area contributed by atoms with Gasteiger partial charge in [0, 0.05) is 30.7 Å². The monoisotopic (exact) mass is 505 g/mol. The van der Waals surface area contributed by atoms with Crippen molar-refractivity contribution in [3.8, 4) is 0 Å². The Kier molecular flexibility index (Phi) is 7.12. The van der Waals surface area contributed by atoms with E-state index in [9.17, 15) is 24.3 Å². The maximum atomic E-state index is 14.2. The predicted octanol–water partition coefficient (Wildman–Crippen LogP) is 3.13. The van der Waals surface area contributed by atoms with Crippen LogP contribution in [0.1, 0.15) is 39.7 Å². The Morgan fingerprint density at radius 1 is 1.19 bits per heavy atom. The van der Waals surface area contributed by atoms with Gasteiger partial charge in [-0.2, -0.15) is 0 Å². The van der Waals surface area contributed by atoms with Crippen molar-refractivity contribution in [2.75, 3.05) is 0 Å². The van der Waals surface area contributed by atoms with Gasteiger partial charge in [0.2, 0.25) is 5.91 Å². The molecule has 0 bridgehead atoms. The van der Waals surface area contributed by atoms with E-state index in [-0.39, 0.29) is 18.4 Å². The van der Waals surface area contributed by atoms with Crippen molar-refractivity contribution >= 4 is 23.4 Å². The quantitative estimate of drug-likeness (QED) is 0.371. The minimum atomic E-state index is -1.87. The van der Waals surface area contributed by atoms with Crippen LogP contribution in [-0.2, 0) is 30.3 Å². The molecule has 2 aliphatic carbocycles. The van der Waals surface area contributed by atoms with Crippen molar-refractivity contribution in [1.29, 1.82) is 0 Å². The van der Waals surface area contributed by atoms with Crippen LogP contribution < -0.4 is 5.32 Å². The fraction of sp³-hybridized carbons (Fsp3) is 0.467. The summed E-state index contributed by atoms with van der Waals surface area (Å²) in [5.41, 5.74) is -1.83. The fourth-order valence-corrected chi connectivity index (χ4v) is 6.48. The topological polar surface area (TPSA) is 110 Å². The van der Waals surface area contributed by atoms with Gasteiger partial charge in [-0.05, 0) is 49.0 Å². The lowest BCUT2D eigenvalue weighted by Gasteiger charge is -2.49. The molecule has 1 heterocycles. The number of amides is 1. The molecule has 2 fully saturated rings. The molecule has 7 nitrogen and oxygen atoms in total. The third-order valence-corrected chi connectivity index (χ3v) is 8.33. The summed E-state index contributed by atoms with van der Waals surface area (Å²) >= 11 is 0. The fourth-order valence-electron chi connectivity index (χ4n) is 6.48. The van der Waals surface area contributed by atoms with E-state index in [4.69, 9.17) is 4.74 Å². The van der Waals surface area contributed by atoms with Crippen molar-refractivity contribution in [3.05, 3.63) is 72.4 Å². The number of Topliss-reactive ketones (excluding diaryl/α,β-unsaturated/α-hetero) is 1. The van der Waals surface area contributed by atoms with Crippen LogP contribution in [0.4, 0.5) is 0 Å². The molecule has 8 atom stereocenters. The first-order valence-corrected chi connectivity index (χ1v) is 12.8. The molecule has 2 N–H and O–H groups in total. The zero-order valence-electron chi connectivity index (χ0n) is 21.8. The highest BCUT2D eigenvalue weighted by atomic mass is 16.5. The van der Waals surface area contributed by atoms with Crippen LogP contribution >= 0.6 is 0 Å². The van der Waals surface area contributed by atoms with Crippen molar-refractivity contribution in [2.24, 2.45) is 29.1 Å². The average Bonchev–Trinajstić information content (AvgIpc) is 3.13. The second kappa shape index (κ2) is 9.86. The van der Waals surface area contributed by atoms with E-state index >= 15 is 0 Å². The molecule has 0 aromatic heterocycles. The molecule has 4 rings (SSSR count). The molecule has 3 aliphatic rings. The number of benzene rings is 1. The van der Waals surface area contributed by atoms with Gasteiger partial charge in [0.05, 0.1) is 0 Å². The first kappa shape index (κ1) is 26.7. The van der Waals surface area contributed by atoms with Gasteiger partial charge < -0.3 is 15.2 Å². The molecule has 0 radical (unpaired) electrons. The lowest BCUT2D eigenvalue weighted by atomic mass is 9.52. The molecule has 196 valence electrons. The molecule has 1 saturated heterocycles. The standard InChI is InChI=1S/C30H35NO6/c1-17-10-9-13-22-26(37-20(4)32)19(3)18(2)25-23(16-21-11-7-6-8-12-21)31-28(35)30(22,25)24(33)14-15-29(5,36)27(17)34/h6-9,11-15,17-18,22-23,25-26,36H,3,10,16H2,1-2,4-5H3,(H,31,35)/b13-9+,15-14+/t17-,18+,22-,23-,25-,26+,29+,30?/m0/s1. The van der Waals surface area contributed by atoms with Crippen LogP contribution in [0.25, 0.3) is 0 Å². The molecule has 1 aromatic rings. The second-order valence-corrected chi connectivity index (χ2v) is 10.9. The number of rotatable bonds is 3. The molecule has 7 heteroatoms. The third kappa shape index (κ3) is 4.50. The van der Waals surface area contributed by atoms with E-state index in [0.717, 1.165) is 5.56 Å². The molecule has 1 spiro atoms. The van der Waals surface area contributed by atoms with Crippen LogP contribution in [-0.4, -0.2) is 46.3 Å². The lowest BCUT2D eigenvalue weighted by molar-refractivity contribution is -0.160. The zero-order chi connectivity index (χ0) is 27.1. The number of nitrogens with one attached hydrogen (secondary N) is 1. The zero-order valence-corrected chi connectivity index (χ0v) is 21.8. The Bertz CT molecular complexity index is 1180. The highest BCUT2D eigenvalue weighted by molar-refractivity contribution is 6.14. The van der Waals surface area contributed by atoms with Gasteiger partial charge in [-0.3, -0.25) is 19.2 Å². The largest absolute Gasteiger partial charge is 0.457 e. The average molecular weight is 506 g/mol. The van der Waals surface area contributed by atoms with E-state index in [1.807, 2.05) is 37.3 Å². The van der Waals surface area contributed by atoms with Crippen LogP contribution in [0.5, 0.6) is 0 Å². The summed E-state index contributed by atoms with van der Waals surface area (Å²) in [6, 6.07) is 9.34. The SMILES string of the molecule is C=C1[C@@H](C)[C@H]2[C@H](Cc3ccccc3)NC(=O)C23C(=O)/C=C/[C@@](C)(O)C(=O)[C@@H](C)C/C=C/[C@H]3[C@@H]1OC(C)=O. The maximum Gasteiger partial charge on any atom is 0.303 e. The minimum absolute atomic E-state index is 0.290. The summed E-state index contributed by atoms with van der Waals surface area (Å²) in [7, 11) is 0. The summed E-state index contributed by atoms with van der Waals surface area (Å²) in [6.45, 7) is 10.5. The number of esters is 1. The first-order chi connectivity index (χ1) is 17.4. The normalized spacial score (nSPS) is 39.6. The number of ketones is 2. The number of ether oxygens (including phenoxy) is 1. The number of carbonyl (C=O) groups excluding carboxylic acids is 4. The van der Waals surface area contributed by atoms with Crippen LogP contribution in [0.15, 0.2) is 66.8 Å². The summed E-state index contributed by atoms with van der Waals surface area (Å²) in [4.78, 5) is 53.2. The van der Waals surface area contributed by atoms with E-state index < -0.39 is 58.3 Å². The summed E-state index contributed by atoms with van der Waals surface area (Å²) in [6.07, 6.45) is 5.74. The molecule has 1 unspecified atom stereocenters. The summed E-state index contributed by atoms with van der Waals surface area (Å²) < 4.78 is 5.72. The number of hydrogen-bond acceptors (Lipinski definition) is 6. The van der Waals surface area contributed by atoms with Crippen LogP contribution in [0.3, 0.4) is 0 Å². The highest BCUT2D eigenvalue weighted by Crippen LogP contribution is 2.57. The van der Waals surface area contributed by atoms with E-state index in [1.54, 1.807) is 19.1 Å². The van der Waals surface area contributed by atoms with Crippen LogP contribution in [0.2, 0.25) is 0 Å². The highest BCUT2D eigenvalue weighted by Gasteiger charge is 2.69. The summed E-state index contributed by atoms with van der Waals surface area (Å²) in [5.74, 6) is -4.13. The Balaban J connectivity index is 1.92. The Morgan fingerprint density at radius 2 is 1.86 bits per heavy atom. The van der Waals surface area contributed by atoms with Gasteiger partial charge in [0.1, 0.15) is 17.1 Å². The van der Waals surface area contributed by atoms with E-state index in [0.29, 0.717) is 12.0 Å². The van der Waals surface area contributed by atoms with Gasteiger partial charge in [0.15, 0.2) is 11.6 Å². The summed E-state index contributed by atoms with van der Waals surface area (Å²) in [5, 5.41) is 13.9. The Hall–Kier alpha value is -3.32. The smallest absolute Gasteiger partial charge is 0.303 e. The van der Waals surface area contributed by atoms with Crippen molar-refractivity contribution in [2.45, 2.75) is 58.3 Å². The van der Waals surface area contributed by atoms with Crippen molar-refractivity contribution < 1.29 is 29.0 Å². The number of hydrogen-bond donors (Lipinski definition) is 2. The van der Waals surface area contributed by atoms with E-state index in [1.165, 1.54) is 26.0 Å². The van der Waals surface area contributed by atoms with Crippen molar-refractivity contribution in [1.82, 2.24) is 5.32 Å². The predicted molar refractivity (Wildman–Crippen MR) is 138 cm³/mol. The lowest BCUT2D eigenvalue weighted by Crippen LogP contribution is -2.58. The Labute approximate surface area is 217 Å². The van der Waals surface area contributed by atoms with Gasteiger partial charge in [0.25, 0.3) is 0 Å². The molecule has 37 heavy (non-hydrogen) atoms. The maximum absolute atomic E-state index is 14.2.